The number of halogens is 1. The highest BCUT2D eigenvalue weighted by Crippen LogP contribution is 2.20. The Labute approximate surface area is 152 Å². The molecule has 4 heteroatoms. The first-order chi connectivity index (χ1) is 12.2. The highest BCUT2D eigenvalue weighted by Gasteiger charge is 1.97. The molecule has 0 unspecified atom stereocenters. The molecule has 126 valence electrons. The second-order valence-electron chi connectivity index (χ2n) is 5.68. The Bertz CT molecular complexity index is 846. The maximum absolute atomic E-state index is 6.10. The molecule has 0 spiro atoms. The van der Waals surface area contributed by atoms with Crippen LogP contribution in [-0.2, 0) is 6.61 Å². The van der Waals surface area contributed by atoms with E-state index in [1.165, 1.54) is 0 Å². The number of ether oxygens (including phenoxy) is 1. The fourth-order valence-electron chi connectivity index (χ4n) is 2.23. The first-order valence-corrected chi connectivity index (χ1v) is 8.40. The number of nitrogens with zero attached hydrogens (tertiary/aromatic N) is 1. The molecule has 0 heterocycles. The van der Waals surface area contributed by atoms with Gasteiger partial charge in [0.2, 0.25) is 0 Å². The van der Waals surface area contributed by atoms with Crippen molar-refractivity contribution in [1.29, 1.82) is 0 Å². The fraction of sp³-hybridized carbons (Fsp3) is 0.0952. The largest absolute Gasteiger partial charge is 0.489 e. The Morgan fingerprint density at radius 2 is 1.76 bits per heavy atom. The average Bonchev–Trinajstić information content (AvgIpc) is 2.65. The summed E-state index contributed by atoms with van der Waals surface area (Å²) in [6.45, 7) is 2.53. The van der Waals surface area contributed by atoms with Crippen molar-refractivity contribution in [3.8, 4) is 5.75 Å². The van der Waals surface area contributed by atoms with Crippen molar-refractivity contribution in [2.24, 2.45) is 5.10 Å². The number of hydrogen-bond acceptors (Lipinski definition) is 3. The van der Waals surface area contributed by atoms with Crippen LogP contribution in [0.4, 0.5) is 5.69 Å². The highest BCUT2D eigenvalue weighted by atomic mass is 35.5. The van der Waals surface area contributed by atoms with Crippen LogP contribution in [0, 0.1) is 6.92 Å². The number of rotatable bonds is 6. The lowest BCUT2D eigenvalue weighted by molar-refractivity contribution is 0.306. The van der Waals surface area contributed by atoms with E-state index in [2.05, 4.69) is 10.5 Å². The minimum Gasteiger partial charge on any atom is -0.489 e. The van der Waals surface area contributed by atoms with Gasteiger partial charge in [-0.3, -0.25) is 5.43 Å². The molecule has 25 heavy (non-hydrogen) atoms. The predicted octanol–water partition coefficient (Wildman–Crippen LogP) is 5.67. The molecule has 0 radical (unpaired) electrons. The maximum atomic E-state index is 6.10. The number of benzene rings is 3. The molecule has 0 aliphatic rings. The van der Waals surface area contributed by atoms with Crippen molar-refractivity contribution in [1.82, 2.24) is 0 Å². The van der Waals surface area contributed by atoms with Gasteiger partial charge in [-0.2, -0.15) is 5.10 Å². The van der Waals surface area contributed by atoms with Crippen LogP contribution >= 0.6 is 11.6 Å². The SMILES string of the molecule is Cc1ccc(N/N=C\c2ccc(OCc3ccccc3)cc2)cc1Cl. The molecule has 3 rings (SSSR count). The van der Waals surface area contributed by atoms with Crippen molar-refractivity contribution in [2.75, 3.05) is 5.43 Å². The van der Waals surface area contributed by atoms with Gasteiger partial charge in [-0.1, -0.05) is 48.0 Å². The summed E-state index contributed by atoms with van der Waals surface area (Å²) in [4.78, 5) is 0. The Kier molecular flexibility index (Phi) is 5.70. The zero-order valence-electron chi connectivity index (χ0n) is 13.9. The first kappa shape index (κ1) is 17.1. The Morgan fingerprint density at radius 3 is 2.48 bits per heavy atom. The highest BCUT2D eigenvalue weighted by molar-refractivity contribution is 6.31. The van der Waals surface area contributed by atoms with Crippen molar-refractivity contribution < 1.29 is 4.74 Å². The lowest BCUT2D eigenvalue weighted by atomic mass is 10.2. The predicted molar refractivity (Wildman–Crippen MR) is 105 cm³/mol. The van der Waals surface area contributed by atoms with E-state index in [1.54, 1.807) is 6.21 Å². The third-order valence-electron chi connectivity index (χ3n) is 3.71. The number of aryl methyl sites for hydroxylation is 1. The van der Waals surface area contributed by atoms with E-state index in [-0.39, 0.29) is 0 Å². The standard InChI is InChI=1S/C21H19ClN2O/c1-16-7-10-19(13-21(16)22)24-23-14-17-8-11-20(12-9-17)25-15-18-5-3-2-4-6-18/h2-14,24H,15H2,1H3/b23-14-. The topological polar surface area (TPSA) is 33.6 Å². The van der Waals surface area contributed by atoms with Crippen molar-refractivity contribution >= 4 is 23.5 Å². The van der Waals surface area contributed by atoms with Crippen LogP contribution in [0.25, 0.3) is 0 Å². The minimum absolute atomic E-state index is 0.560. The van der Waals surface area contributed by atoms with E-state index in [0.717, 1.165) is 33.1 Å². The first-order valence-electron chi connectivity index (χ1n) is 8.03. The van der Waals surface area contributed by atoms with Gasteiger partial charge in [0, 0.05) is 5.02 Å². The summed E-state index contributed by atoms with van der Waals surface area (Å²) in [5.41, 5.74) is 7.01. The second kappa shape index (κ2) is 8.36. The van der Waals surface area contributed by atoms with Crippen molar-refractivity contribution in [3.05, 3.63) is 94.5 Å². The molecule has 3 aromatic rings. The zero-order valence-corrected chi connectivity index (χ0v) is 14.7. The summed E-state index contributed by atoms with van der Waals surface area (Å²) in [5.74, 6) is 0.833. The number of anilines is 1. The second-order valence-corrected chi connectivity index (χ2v) is 6.08. The maximum Gasteiger partial charge on any atom is 0.119 e. The summed E-state index contributed by atoms with van der Waals surface area (Å²) >= 11 is 6.10. The number of hydrogen-bond donors (Lipinski definition) is 1. The van der Waals surface area contributed by atoms with Crippen molar-refractivity contribution in [3.63, 3.8) is 0 Å². The van der Waals surface area contributed by atoms with Crippen LogP contribution in [0.3, 0.4) is 0 Å². The van der Waals surface area contributed by atoms with Gasteiger partial charge in [0.05, 0.1) is 11.9 Å². The summed E-state index contributed by atoms with van der Waals surface area (Å²) in [7, 11) is 0. The molecular weight excluding hydrogens is 332 g/mol. The van der Waals surface area contributed by atoms with E-state index < -0.39 is 0 Å². The van der Waals surface area contributed by atoms with Crippen LogP contribution < -0.4 is 10.2 Å². The van der Waals surface area contributed by atoms with E-state index >= 15 is 0 Å². The molecule has 0 saturated heterocycles. The van der Waals surface area contributed by atoms with Gasteiger partial charge in [-0.05, 0) is 60.0 Å². The van der Waals surface area contributed by atoms with Crippen LogP contribution in [0.2, 0.25) is 5.02 Å². The monoisotopic (exact) mass is 350 g/mol. The lowest BCUT2D eigenvalue weighted by Gasteiger charge is -2.06. The van der Waals surface area contributed by atoms with E-state index in [9.17, 15) is 0 Å². The summed E-state index contributed by atoms with van der Waals surface area (Å²) < 4.78 is 5.77. The van der Waals surface area contributed by atoms with Gasteiger partial charge in [0.1, 0.15) is 12.4 Å². The quantitative estimate of drug-likeness (QED) is 0.458. The molecule has 0 aromatic heterocycles. The molecule has 3 aromatic carbocycles. The fourth-order valence-corrected chi connectivity index (χ4v) is 2.42. The van der Waals surface area contributed by atoms with E-state index in [1.807, 2.05) is 79.7 Å². The third kappa shape index (κ3) is 5.10. The smallest absolute Gasteiger partial charge is 0.119 e. The van der Waals surface area contributed by atoms with Crippen LogP contribution in [0.15, 0.2) is 77.9 Å². The van der Waals surface area contributed by atoms with Crippen LogP contribution in [0.1, 0.15) is 16.7 Å². The van der Waals surface area contributed by atoms with Gasteiger partial charge < -0.3 is 4.74 Å². The third-order valence-corrected chi connectivity index (χ3v) is 4.11. The van der Waals surface area contributed by atoms with Gasteiger partial charge in [0.25, 0.3) is 0 Å². The van der Waals surface area contributed by atoms with Gasteiger partial charge in [-0.25, -0.2) is 0 Å². The molecular formula is C21H19ClN2O. The molecule has 3 nitrogen and oxygen atoms in total. The van der Waals surface area contributed by atoms with Gasteiger partial charge in [0.15, 0.2) is 0 Å². The van der Waals surface area contributed by atoms with Gasteiger partial charge in [-0.15, -0.1) is 0 Å². The minimum atomic E-state index is 0.560. The molecule has 0 bridgehead atoms. The molecule has 1 N–H and O–H groups in total. The Morgan fingerprint density at radius 1 is 1.00 bits per heavy atom. The lowest BCUT2D eigenvalue weighted by Crippen LogP contribution is -1.95. The average molecular weight is 351 g/mol. The molecule has 0 atom stereocenters. The molecule has 0 fully saturated rings. The molecule has 0 amide bonds. The molecule has 0 saturated carbocycles. The summed E-state index contributed by atoms with van der Waals surface area (Å²) in [5, 5.41) is 4.95. The normalized spacial score (nSPS) is 10.8. The zero-order chi connectivity index (χ0) is 17.5. The number of hydrazone groups is 1. The summed E-state index contributed by atoms with van der Waals surface area (Å²) in [6.07, 6.45) is 1.76. The van der Waals surface area contributed by atoms with E-state index in [0.29, 0.717) is 6.61 Å². The van der Waals surface area contributed by atoms with Crippen LogP contribution in [-0.4, -0.2) is 6.21 Å². The van der Waals surface area contributed by atoms with Crippen molar-refractivity contribution in [2.45, 2.75) is 13.5 Å². The summed E-state index contributed by atoms with van der Waals surface area (Å²) in [6, 6.07) is 23.7. The molecule has 0 aliphatic carbocycles. The van der Waals surface area contributed by atoms with E-state index in [4.69, 9.17) is 16.3 Å². The Balaban J connectivity index is 1.54. The van der Waals surface area contributed by atoms with Gasteiger partial charge >= 0.3 is 0 Å². The van der Waals surface area contributed by atoms with Crippen LogP contribution in [0.5, 0.6) is 5.75 Å². The number of nitrogens with one attached hydrogen (secondary N) is 1. The Hall–Kier alpha value is -2.78. The molecule has 0 aliphatic heterocycles.